The van der Waals surface area contributed by atoms with Gasteiger partial charge in [0.1, 0.15) is 23.9 Å². The van der Waals surface area contributed by atoms with Gasteiger partial charge in [0.05, 0.1) is 0 Å². The molecule has 9 heteroatoms. The average Bonchev–Trinajstić information content (AvgIpc) is 2.33. The van der Waals surface area contributed by atoms with Gasteiger partial charge in [-0.2, -0.15) is 0 Å². The van der Waals surface area contributed by atoms with Crippen LogP contribution in [0.4, 0.5) is 0 Å². The normalized spacial score (nSPS) is 23.3. The van der Waals surface area contributed by atoms with E-state index in [1.54, 1.807) is 0 Å². The van der Waals surface area contributed by atoms with E-state index < -0.39 is 42.1 Å². The van der Waals surface area contributed by atoms with Crippen LogP contribution in [0.25, 0.3) is 0 Å². The van der Waals surface area contributed by atoms with Crippen molar-refractivity contribution in [3.8, 4) is 0 Å². The minimum atomic E-state index is -2.60. The first-order valence-electron chi connectivity index (χ1n) is 4.78. The number of hydrogen-bond donors (Lipinski definition) is 6. The van der Waals surface area contributed by atoms with E-state index in [0.29, 0.717) is 0 Å². The van der Waals surface area contributed by atoms with Crippen molar-refractivity contribution in [2.45, 2.75) is 43.0 Å². The van der Waals surface area contributed by atoms with Crippen LogP contribution in [0.1, 0.15) is 6.92 Å². The summed E-state index contributed by atoms with van der Waals surface area (Å²) in [5, 5.41) is 65.6. The van der Waals surface area contributed by atoms with Crippen molar-refractivity contribution >= 4 is 12.3 Å². The first-order chi connectivity index (χ1) is 8.07. The maximum atomic E-state index is 10.2. The molecular weight excluding hydrogens is 252 g/mol. The third kappa shape index (κ3) is 3.45. The smallest absolute Gasteiger partial charge is 0.386 e. The van der Waals surface area contributed by atoms with Crippen LogP contribution >= 0.6 is 0 Å². The molecule has 6 atom stereocenters. The molecule has 0 heterocycles. The van der Waals surface area contributed by atoms with Gasteiger partial charge in [0.15, 0.2) is 12.2 Å². The largest absolute Gasteiger partial charge is 0.387 e. The number of aliphatic hydroxyl groups excluding tert-OH is 5. The zero-order chi connectivity index (χ0) is 14.7. The van der Waals surface area contributed by atoms with Gasteiger partial charge in [-0.05, 0) is 6.92 Å². The number of rotatable bonds is 7. The fraction of sp³-hybridized carbons (Fsp3) is 0.778. The van der Waals surface area contributed by atoms with E-state index in [9.17, 15) is 35.1 Å². The summed E-state index contributed by atoms with van der Waals surface area (Å²) in [6.07, 6.45) is -10.9. The molecule has 6 unspecified atom stereocenters. The number of carbonyl (C=O) groups excluding carboxylic acids is 2. The Bertz CT molecular complexity index is 302. The van der Waals surface area contributed by atoms with Crippen molar-refractivity contribution in [3.05, 3.63) is 0 Å². The standard InChI is InChI=1S/C9H14O9/c1-9(18,3(11)2-10)7(15)5(13)4(12)6(14)8(16)17/h3-7,11-15,18H,1H3. The summed E-state index contributed by atoms with van der Waals surface area (Å²) in [5.41, 5.74) is -2.60. The fourth-order valence-corrected chi connectivity index (χ4v) is 1.14. The highest BCUT2D eigenvalue weighted by molar-refractivity contribution is 5.72. The molecule has 0 aliphatic heterocycles. The van der Waals surface area contributed by atoms with E-state index in [1.165, 1.54) is 0 Å². The number of carbonyl (C=O) groups is 1. The lowest BCUT2D eigenvalue weighted by molar-refractivity contribution is -0.193. The maximum Gasteiger partial charge on any atom is 0.386 e. The second-order valence-electron chi connectivity index (χ2n) is 3.94. The average molecular weight is 266 g/mol. The third-order valence-corrected chi connectivity index (χ3v) is 2.50. The van der Waals surface area contributed by atoms with Gasteiger partial charge in [0, 0.05) is 0 Å². The minimum Gasteiger partial charge on any atom is -0.387 e. The van der Waals surface area contributed by atoms with Gasteiger partial charge in [0.25, 0.3) is 0 Å². The predicted molar refractivity (Wildman–Crippen MR) is 52.0 cm³/mol. The Kier molecular flexibility index (Phi) is 5.80. The van der Waals surface area contributed by atoms with E-state index in [-0.39, 0.29) is 0 Å². The highest BCUT2D eigenvalue weighted by atomic mass is 16.4. The molecule has 0 aromatic carbocycles. The second-order valence-corrected chi connectivity index (χ2v) is 3.94. The van der Waals surface area contributed by atoms with Crippen LogP contribution in [0.5, 0.6) is 0 Å². The molecule has 18 heavy (non-hydrogen) atoms. The SMILES string of the molecule is CC(O)(C(O)[C]=O)C(O)C(O)C(O)C(O)C([O])=O. The lowest BCUT2D eigenvalue weighted by Gasteiger charge is -2.35. The van der Waals surface area contributed by atoms with Gasteiger partial charge in [-0.1, -0.05) is 0 Å². The summed E-state index contributed by atoms with van der Waals surface area (Å²) < 4.78 is 0. The van der Waals surface area contributed by atoms with E-state index >= 15 is 0 Å². The Balaban J connectivity index is 4.93. The zero-order valence-corrected chi connectivity index (χ0v) is 9.29. The molecule has 2 radical (unpaired) electrons. The van der Waals surface area contributed by atoms with Crippen molar-refractivity contribution in [1.82, 2.24) is 0 Å². The number of hydrogen-bond acceptors (Lipinski definition) is 8. The summed E-state index contributed by atoms with van der Waals surface area (Å²) in [6, 6.07) is 0. The minimum absolute atomic E-state index is 0.745. The van der Waals surface area contributed by atoms with Crippen molar-refractivity contribution < 1.29 is 45.3 Å². The lowest BCUT2D eigenvalue weighted by Crippen LogP contribution is -2.60. The van der Waals surface area contributed by atoms with Gasteiger partial charge < -0.3 is 30.6 Å². The molecule has 104 valence electrons. The topological polar surface area (TPSA) is 175 Å². The monoisotopic (exact) mass is 266 g/mol. The van der Waals surface area contributed by atoms with Crippen LogP contribution in [0.2, 0.25) is 0 Å². The van der Waals surface area contributed by atoms with Gasteiger partial charge in [-0.25, -0.2) is 9.90 Å². The first kappa shape index (κ1) is 16.9. The van der Waals surface area contributed by atoms with Crippen molar-refractivity contribution in [2.75, 3.05) is 0 Å². The molecule has 0 saturated carbocycles. The quantitative estimate of drug-likeness (QED) is 0.267. The van der Waals surface area contributed by atoms with Crippen molar-refractivity contribution in [1.29, 1.82) is 0 Å². The summed E-state index contributed by atoms with van der Waals surface area (Å²) in [6.45, 7) is 0.745. The van der Waals surface area contributed by atoms with E-state index in [4.69, 9.17) is 10.2 Å². The van der Waals surface area contributed by atoms with Gasteiger partial charge in [-0.15, -0.1) is 0 Å². The Morgan fingerprint density at radius 1 is 1.11 bits per heavy atom. The van der Waals surface area contributed by atoms with Gasteiger partial charge in [0.2, 0.25) is 6.29 Å². The van der Waals surface area contributed by atoms with Crippen molar-refractivity contribution in [2.24, 2.45) is 0 Å². The zero-order valence-electron chi connectivity index (χ0n) is 9.29. The van der Waals surface area contributed by atoms with Crippen LogP contribution in [-0.2, 0) is 14.7 Å². The highest BCUT2D eigenvalue weighted by Crippen LogP contribution is 2.20. The molecule has 6 N–H and O–H groups in total. The molecule has 0 rings (SSSR count). The highest BCUT2D eigenvalue weighted by Gasteiger charge is 2.46. The van der Waals surface area contributed by atoms with Gasteiger partial charge in [-0.3, -0.25) is 4.79 Å². The van der Waals surface area contributed by atoms with E-state index in [2.05, 4.69) is 0 Å². The fourth-order valence-electron chi connectivity index (χ4n) is 1.14. The molecule has 0 aromatic rings. The summed E-state index contributed by atoms with van der Waals surface area (Å²) in [4.78, 5) is 20.4. The van der Waals surface area contributed by atoms with Gasteiger partial charge >= 0.3 is 5.97 Å². The van der Waals surface area contributed by atoms with Crippen molar-refractivity contribution in [3.63, 3.8) is 0 Å². The van der Waals surface area contributed by atoms with E-state index in [1.807, 2.05) is 0 Å². The Labute approximate surface area is 102 Å². The third-order valence-electron chi connectivity index (χ3n) is 2.50. The molecule has 0 spiro atoms. The molecule has 9 nitrogen and oxygen atoms in total. The molecule has 0 aliphatic carbocycles. The molecule has 0 bridgehead atoms. The van der Waals surface area contributed by atoms with E-state index in [0.717, 1.165) is 13.2 Å². The lowest BCUT2D eigenvalue weighted by atomic mass is 9.86. The molecule has 0 amide bonds. The summed E-state index contributed by atoms with van der Waals surface area (Å²) >= 11 is 0. The van der Waals surface area contributed by atoms with Crippen LogP contribution in [0.15, 0.2) is 0 Å². The molecule has 0 fully saturated rings. The van der Waals surface area contributed by atoms with Crippen LogP contribution in [0.3, 0.4) is 0 Å². The molecule has 0 aliphatic rings. The second kappa shape index (κ2) is 6.18. The molecule has 0 aromatic heterocycles. The molecule has 0 saturated heterocycles. The Morgan fingerprint density at radius 3 is 1.89 bits per heavy atom. The summed E-state index contributed by atoms with van der Waals surface area (Å²) in [5.74, 6) is -2.11. The summed E-state index contributed by atoms with van der Waals surface area (Å²) in [7, 11) is 0. The van der Waals surface area contributed by atoms with Crippen LogP contribution < -0.4 is 0 Å². The van der Waals surface area contributed by atoms with Crippen LogP contribution in [-0.4, -0.2) is 79.0 Å². The predicted octanol–water partition coefficient (Wildman–Crippen LogP) is -4.39. The number of aliphatic hydroxyl groups is 6. The Morgan fingerprint density at radius 2 is 1.56 bits per heavy atom. The Hall–Kier alpha value is -1.10. The first-order valence-corrected chi connectivity index (χ1v) is 4.78. The molecular formula is C9H14O9. The van der Waals surface area contributed by atoms with Crippen LogP contribution in [0, 0.1) is 0 Å². The maximum absolute atomic E-state index is 10.2.